The van der Waals surface area contributed by atoms with Crippen LogP contribution in [0.3, 0.4) is 0 Å². The number of nitro groups is 1. The third-order valence-electron chi connectivity index (χ3n) is 3.43. The van der Waals surface area contributed by atoms with E-state index in [1.165, 1.54) is 43.0 Å². The van der Waals surface area contributed by atoms with Crippen LogP contribution in [0.25, 0.3) is 0 Å². The highest BCUT2D eigenvalue weighted by Gasteiger charge is 2.40. The average molecular weight is 382 g/mol. The number of hydrogen-bond donors (Lipinski definition) is 3. The highest BCUT2D eigenvalue weighted by molar-refractivity contribution is 8.00. The van der Waals surface area contributed by atoms with Gasteiger partial charge in [0, 0.05) is 31.4 Å². The van der Waals surface area contributed by atoms with E-state index in [1.807, 2.05) is 0 Å². The molecule has 1 heterocycles. The summed E-state index contributed by atoms with van der Waals surface area (Å²) in [5, 5.41) is 18.1. The Morgan fingerprint density at radius 1 is 1.35 bits per heavy atom. The van der Waals surface area contributed by atoms with Crippen LogP contribution in [0.2, 0.25) is 0 Å². The van der Waals surface area contributed by atoms with E-state index in [0.717, 1.165) is 0 Å². The Hall–Kier alpha value is -2.82. The normalized spacial score (nSPS) is 18.3. The smallest absolute Gasteiger partial charge is 0.408 e. The van der Waals surface area contributed by atoms with Crippen molar-refractivity contribution in [1.29, 1.82) is 0 Å². The van der Waals surface area contributed by atoms with Crippen molar-refractivity contribution >= 4 is 35.4 Å². The first-order valence-electron chi connectivity index (χ1n) is 7.70. The van der Waals surface area contributed by atoms with Gasteiger partial charge in [-0.05, 0) is 17.7 Å². The highest BCUT2D eigenvalue weighted by atomic mass is 32.2. The predicted molar refractivity (Wildman–Crippen MR) is 93.3 cm³/mol. The zero-order valence-electron chi connectivity index (χ0n) is 13.9. The summed E-state index contributed by atoms with van der Waals surface area (Å²) in [7, 11) is 0. The van der Waals surface area contributed by atoms with E-state index < -0.39 is 17.1 Å². The van der Waals surface area contributed by atoms with Gasteiger partial charge in [-0.3, -0.25) is 19.7 Å². The van der Waals surface area contributed by atoms with E-state index in [4.69, 9.17) is 4.74 Å². The Kier molecular flexibility index (Phi) is 6.78. The van der Waals surface area contributed by atoms with Gasteiger partial charge in [-0.2, -0.15) is 0 Å². The molecule has 0 aliphatic carbocycles. The Bertz CT molecular complexity index is 696. The van der Waals surface area contributed by atoms with Gasteiger partial charge >= 0.3 is 6.09 Å². The molecule has 1 aromatic carbocycles. The van der Waals surface area contributed by atoms with Crippen molar-refractivity contribution in [1.82, 2.24) is 16.0 Å². The number of carbonyl (C=O) groups excluding carboxylic acids is 3. The topological polar surface area (TPSA) is 140 Å². The third-order valence-corrected chi connectivity index (χ3v) is 4.62. The van der Waals surface area contributed by atoms with Gasteiger partial charge in [-0.1, -0.05) is 0 Å². The summed E-state index contributed by atoms with van der Waals surface area (Å²) in [5.41, 5.74) is 0.536. The quantitative estimate of drug-likeness (QED) is 0.258. The van der Waals surface area contributed by atoms with Crippen molar-refractivity contribution < 1.29 is 24.0 Å². The molecule has 3 N–H and O–H groups in total. The molecule has 140 valence electrons. The molecule has 1 aliphatic rings. The average Bonchev–Trinajstić information content (AvgIpc) is 2.60. The lowest BCUT2D eigenvalue weighted by Crippen LogP contribution is -2.67. The van der Waals surface area contributed by atoms with Crippen molar-refractivity contribution in [2.45, 2.75) is 24.9 Å². The molecule has 1 fully saturated rings. The van der Waals surface area contributed by atoms with Gasteiger partial charge < -0.3 is 20.7 Å². The molecule has 3 amide bonds. The van der Waals surface area contributed by atoms with Gasteiger partial charge in [0.15, 0.2) is 0 Å². The zero-order chi connectivity index (χ0) is 19.1. The number of nitrogens with one attached hydrogen (secondary N) is 3. The van der Waals surface area contributed by atoms with Gasteiger partial charge in [0.05, 0.1) is 4.92 Å². The molecular weight excluding hydrogens is 364 g/mol. The van der Waals surface area contributed by atoms with Gasteiger partial charge in [0.25, 0.3) is 5.69 Å². The van der Waals surface area contributed by atoms with Crippen molar-refractivity contribution in [2.24, 2.45) is 0 Å². The third kappa shape index (κ3) is 5.62. The molecule has 0 unspecified atom stereocenters. The number of ether oxygens (including phenoxy) is 1. The molecule has 1 aromatic rings. The van der Waals surface area contributed by atoms with Crippen LogP contribution in [0.4, 0.5) is 10.5 Å². The number of nitrogens with zero attached hydrogens (tertiary/aromatic N) is 1. The van der Waals surface area contributed by atoms with Crippen LogP contribution < -0.4 is 16.0 Å². The van der Waals surface area contributed by atoms with Gasteiger partial charge in [0.1, 0.15) is 18.0 Å². The number of amides is 3. The number of alkyl carbamates (subject to hydrolysis) is 1. The summed E-state index contributed by atoms with van der Waals surface area (Å²) in [6.45, 7) is 1.81. The summed E-state index contributed by atoms with van der Waals surface area (Å²) in [5.74, 6) is 0.141. The van der Waals surface area contributed by atoms with E-state index in [9.17, 15) is 24.5 Å². The van der Waals surface area contributed by atoms with Crippen LogP contribution in [0.5, 0.6) is 0 Å². The first-order valence-corrected chi connectivity index (χ1v) is 8.74. The standard InChI is InChI=1S/C15H18N4O6S/c1-9(20)16-6-7-26-14-12(13(21)18-14)17-15(22)25-8-10-2-4-11(5-3-10)19(23)24/h2-5,12,14H,6-8H2,1H3,(H,16,20)(H,17,22)(H,18,21)/t12-,14-/m1/s1. The molecule has 1 saturated heterocycles. The molecule has 10 nitrogen and oxygen atoms in total. The number of non-ortho nitro benzene ring substituents is 1. The minimum absolute atomic E-state index is 0.0523. The van der Waals surface area contributed by atoms with E-state index in [-0.39, 0.29) is 29.5 Å². The summed E-state index contributed by atoms with van der Waals surface area (Å²) in [4.78, 5) is 44.2. The Morgan fingerprint density at radius 2 is 2.04 bits per heavy atom. The van der Waals surface area contributed by atoms with E-state index in [0.29, 0.717) is 17.9 Å². The number of nitro benzene ring substituents is 1. The summed E-state index contributed by atoms with van der Waals surface area (Å²) in [6, 6.07) is 4.90. The highest BCUT2D eigenvalue weighted by Crippen LogP contribution is 2.19. The number of thioether (sulfide) groups is 1. The second-order valence-electron chi connectivity index (χ2n) is 5.40. The molecule has 1 aliphatic heterocycles. The van der Waals surface area contributed by atoms with Crippen LogP contribution in [0.1, 0.15) is 12.5 Å². The zero-order valence-corrected chi connectivity index (χ0v) is 14.7. The first kappa shape index (κ1) is 19.5. The minimum atomic E-state index is -0.754. The van der Waals surface area contributed by atoms with Crippen molar-refractivity contribution in [2.75, 3.05) is 12.3 Å². The molecule has 26 heavy (non-hydrogen) atoms. The number of benzene rings is 1. The van der Waals surface area contributed by atoms with Crippen LogP contribution in [0, 0.1) is 10.1 Å². The minimum Gasteiger partial charge on any atom is -0.445 e. The molecule has 0 aromatic heterocycles. The predicted octanol–water partition coefficient (Wildman–Crippen LogP) is 0.515. The van der Waals surface area contributed by atoms with Crippen LogP contribution in [-0.2, 0) is 20.9 Å². The number of β-lactam (4-membered cyclic amide) rings is 1. The Balaban J connectivity index is 1.72. The van der Waals surface area contributed by atoms with E-state index >= 15 is 0 Å². The molecular formula is C15H18N4O6S. The van der Waals surface area contributed by atoms with Crippen LogP contribution >= 0.6 is 11.8 Å². The molecule has 11 heteroatoms. The number of carbonyl (C=O) groups is 3. The maximum atomic E-state index is 11.8. The largest absolute Gasteiger partial charge is 0.445 e. The molecule has 0 saturated carbocycles. The number of hydrogen-bond acceptors (Lipinski definition) is 7. The molecule has 0 bridgehead atoms. The fourth-order valence-electron chi connectivity index (χ4n) is 2.08. The van der Waals surface area contributed by atoms with Gasteiger partial charge in [-0.25, -0.2) is 4.79 Å². The molecule has 2 atom stereocenters. The lowest BCUT2D eigenvalue weighted by Gasteiger charge is -2.36. The molecule has 0 radical (unpaired) electrons. The SMILES string of the molecule is CC(=O)NCCS[C@H]1NC(=O)[C@H]1NC(=O)OCc1ccc([N+](=O)[O-])cc1. The van der Waals surface area contributed by atoms with Crippen molar-refractivity contribution in [3.63, 3.8) is 0 Å². The summed E-state index contributed by atoms with van der Waals surface area (Å²) >= 11 is 1.40. The van der Waals surface area contributed by atoms with Crippen LogP contribution in [-0.4, -0.2) is 46.5 Å². The maximum absolute atomic E-state index is 11.8. The lowest BCUT2D eigenvalue weighted by atomic mass is 10.1. The van der Waals surface area contributed by atoms with E-state index in [2.05, 4.69) is 16.0 Å². The lowest BCUT2D eigenvalue weighted by molar-refractivity contribution is -0.384. The Labute approximate surface area is 153 Å². The molecule has 0 spiro atoms. The summed E-state index contributed by atoms with van der Waals surface area (Å²) < 4.78 is 5.02. The molecule has 2 rings (SSSR count). The van der Waals surface area contributed by atoms with E-state index in [1.54, 1.807) is 0 Å². The van der Waals surface area contributed by atoms with Crippen molar-refractivity contribution in [3.05, 3.63) is 39.9 Å². The second kappa shape index (κ2) is 9.04. The Morgan fingerprint density at radius 3 is 2.62 bits per heavy atom. The maximum Gasteiger partial charge on any atom is 0.408 e. The fraction of sp³-hybridized carbons (Fsp3) is 0.400. The van der Waals surface area contributed by atoms with Crippen molar-refractivity contribution in [3.8, 4) is 0 Å². The van der Waals surface area contributed by atoms with Gasteiger partial charge in [0.2, 0.25) is 11.8 Å². The monoisotopic (exact) mass is 382 g/mol. The first-order chi connectivity index (χ1) is 12.4. The van der Waals surface area contributed by atoms with Crippen LogP contribution in [0.15, 0.2) is 24.3 Å². The number of rotatable bonds is 8. The summed E-state index contributed by atoms with van der Waals surface area (Å²) in [6.07, 6.45) is -0.754. The fourth-order valence-corrected chi connectivity index (χ4v) is 3.14. The second-order valence-corrected chi connectivity index (χ2v) is 6.65. The van der Waals surface area contributed by atoms with Gasteiger partial charge in [-0.15, -0.1) is 11.8 Å².